The fourth-order valence-corrected chi connectivity index (χ4v) is 5.03. The van der Waals surface area contributed by atoms with E-state index in [1.54, 1.807) is 36.4 Å². The van der Waals surface area contributed by atoms with Crippen LogP contribution in [0.1, 0.15) is 40.8 Å². The first-order chi connectivity index (χ1) is 18.1. The number of rotatable bonds is 7. The monoisotopic (exact) mass is 535 g/mol. The van der Waals surface area contributed by atoms with Gasteiger partial charge in [-0.2, -0.15) is 0 Å². The van der Waals surface area contributed by atoms with E-state index in [0.29, 0.717) is 29.4 Å². The summed E-state index contributed by atoms with van der Waals surface area (Å²) in [7, 11) is 2.96. The van der Waals surface area contributed by atoms with Crippen molar-refractivity contribution in [1.82, 2.24) is 0 Å². The molecule has 0 aliphatic carbocycles. The van der Waals surface area contributed by atoms with Crippen LogP contribution < -0.4 is 19.1 Å². The molecule has 1 heterocycles. The van der Waals surface area contributed by atoms with Gasteiger partial charge in [-0.1, -0.05) is 23.7 Å². The van der Waals surface area contributed by atoms with Gasteiger partial charge in [0.15, 0.2) is 11.5 Å². The molecule has 0 saturated carbocycles. The number of hydrogen-bond donors (Lipinski definition) is 1. The maximum atomic E-state index is 13.6. The summed E-state index contributed by atoms with van der Waals surface area (Å²) >= 11 is 6.40. The van der Waals surface area contributed by atoms with Gasteiger partial charge in [0.25, 0.3) is 11.7 Å². The third-order valence-corrected chi connectivity index (χ3v) is 6.94. The molecule has 198 valence electrons. The Bertz CT molecular complexity index is 1460. The zero-order valence-electron chi connectivity index (χ0n) is 22.2. The topological polar surface area (TPSA) is 85.3 Å². The summed E-state index contributed by atoms with van der Waals surface area (Å²) in [6, 6.07) is 13.1. The zero-order chi connectivity index (χ0) is 27.7. The van der Waals surface area contributed by atoms with E-state index in [1.165, 1.54) is 19.1 Å². The standard InChI is InChI=1S/C30H30ClNO6/c1-7-38-24-15-19(9-11-23(24)36-5)26-25(27(33)21-12-16(2)13-22(31)29(21)37-6)28(34)30(35)32(26)20-10-8-17(3)18(4)14-20/h8-15,26,33H,7H2,1-6H3/b27-25+. The summed E-state index contributed by atoms with van der Waals surface area (Å²) in [6.07, 6.45) is 0. The van der Waals surface area contributed by atoms with Crippen molar-refractivity contribution < 1.29 is 28.9 Å². The van der Waals surface area contributed by atoms with Gasteiger partial charge in [0, 0.05) is 5.69 Å². The number of nitrogens with zero attached hydrogens (tertiary/aromatic N) is 1. The van der Waals surface area contributed by atoms with Crippen LogP contribution in [-0.4, -0.2) is 37.6 Å². The minimum Gasteiger partial charge on any atom is -0.507 e. The summed E-state index contributed by atoms with van der Waals surface area (Å²) in [5, 5.41) is 11.9. The number of ketones is 1. The zero-order valence-corrected chi connectivity index (χ0v) is 23.0. The molecular formula is C30H30ClNO6. The summed E-state index contributed by atoms with van der Waals surface area (Å²) < 4.78 is 16.7. The van der Waals surface area contributed by atoms with E-state index in [-0.39, 0.29) is 27.7 Å². The van der Waals surface area contributed by atoms with E-state index < -0.39 is 17.7 Å². The molecule has 7 nitrogen and oxygen atoms in total. The Morgan fingerprint density at radius 1 is 0.947 bits per heavy atom. The molecule has 1 unspecified atom stereocenters. The molecule has 3 aromatic rings. The molecule has 1 aliphatic heterocycles. The molecule has 1 aliphatic rings. The van der Waals surface area contributed by atoms with E-state index in [0.717, 1.165) is 16.7 Å². The van der Waals surface area contributed by atoms with Gasteiger partial charge in [-0.05, 0) is 86.3 Å². The largest absolute Gasteiger partial charge is 0.507 e. The second-order valence-corrected chi connectivity index (χ2v) is 9.52. The summed E-state index contributed by atoms with van der Waals surface area (Å²) in [6.45, 7) is 7.95. The Morgan fingerprint density at radius 2 is 1.68 bits per heavy atom. The Balaban J connectivity index is 2.04. The van der Waals surface area contributed by atoms with Crippen LogP contribution in [-0.2, 0) is 9.59 Å². The number of methoxy groups -OCH3 is 2. The number of carbonyl (C=O) groups excluding carboxylic acids is 2. The first-order valence-electron chi connectivity index (χ1n) is 12.2. The van der Waals surface area contributed by atoms with Crippen molar-refractivity contribution in [3.63, 3.8) is 0 Å². The first-order valence-corrected chi connectivity index (χ1v) is 12.5. The van der Waals surface area contributed by atoms with Crippen LogP contribution in [0.25, 0.3) is 5.76 Å². The van der Waals surface area contributed by atoms with Gasteiger partial charge < -0.3 is 19.3 Å². The number of aliphatic hydroxyl groups excluding tert-OH is 1. The first kappa shape index (κ1) is 27.1. The lowest BCUT2D eigenvalue weighted by atomic mass is 9.94. The highest BCUT2D eigenvalue weighted by Gasteiger charge is 2.47. The number of aryl methyl sites for hydroxylation is 3. The molecule has 1 saturated heterocycles. The average molecular weight is 536 g/mol. The second kappa shape index (κ2) is 10.8. The van der Waals surface area contributed by atoms with E-state index in [2.05, 4.69) is 0 Å². The van der Waals surface area contributed by atoms with Crippen LogP contribution in [0.5, 0.6) is 17.2 Å². The SMILES string of the molecule is CCOc1cc(C2/C(=C(\O)c3cc(C)cc(Cl)c3OC)C(=O)C(=O)N2c2ccc(C)c(C)c2)ccc1OC. The highest BCUT2D eigenvalue weighted by atomic mass is 35.5. The fourth-order valence-electron chi connectivity index (χ4n) is 4.68. The van der Waals surface area contributed by atoms with Crippen molar-refractivity contribution in [2.45, 2.75) is 33.7 Å². The lowest BCUT2D eigenvalue weighted by Crippen LogP contribution is -2.29. The van der Waals surface area contributed by atoms with Gasteiger partial charge in [-0.3, -0.25) is 14.5 Å². The second-order valence-electron chi connectivity index (χ2n) is 9.11. The van der Waals surface area contributed by atoms with Gasteiger partial charge in [-0.25, -0.2) is 0 Å². The normalized spacial score (nSPS) is 16.6. The lowest BCUT2D eigenvalue weighted by Gasteiger charge is -2.27. The van der Waals surface area contributed by atoms with Crippen molar-refractivity contribution in [3.8, 4) is 17.2 Å². The van der Waals surface area contributed by atoms with Gasteiger partial charge in [0.05, 0.1) is 43.0 Å². The van der Waals surface area contributed by atoms with Crippen molar-refractivity contribution in [2.24, 2.45) is 0 Å². The Hall–Kier alpha value is -3.97. The quantitative estimate of drug-likeness (QED) is 0.217. The third kappa shape index (κ3) is 4.70. The molecule has 1 N–H and O–H groups in total. The average Bonchev–Trinajstić information content (AvgIpc) is 3.15. The molecule has 0 aromatic heterocycles. The van der Waals surface area contributed by atoms with E-state index in [4.69, 9.17) is 25.8 Å². The van der Waals surface area contributed by atoms with E-state index in [9.17, 15) is 14.7 Å². The van der Waals surface area contributed by atoms with E-state index >= 15 is 0 Å². The number of aliphatic hydroxyl groups is 1. The molecule has 38 heavy (non-hydrogen) atoms. The number of ether oxygens (including phenoxy) is 3. The molecule has 0 bridgehead atoms. The van der Waals surface area contributed by atoms with Gasteiger partial charge in [-0.15, -0.1) is 0 Å². The highest BCUT2D eigenvalue weighted by Crippen LogP contribution is 2.46. The van der Waals surface area contributed by atoms with Crippen LogP contribution in [0.3, 0.4) is 0 Å². The van der Waals surface area contributed by atoms with Gasteiger partial charge in [0.2, 0.25) is 0 Å². The van der Waals surface area contributed by atoms with Crippen LogP contribution in [0.4, 0.5) is 5.69 Å². The molecule has 1 amide bonds. The van der Waals surface area contributed by atoms with Crippen LogP contribution in [0.15, 0.2) is 54.1 Å². The number of Topliss-reactive ketones (excluding diaryl/α,β-unsaturated/α-hetero) is 1. The highest BCUT2D eigenvalue weighted by molar-refractivity contribution is 6.51. The predicted molar refractivity (Wildman–Crippen MR) is 148 cm³/mol. The molecule has 0 radical (unpaired) electrons. The number of carbonyl (C=O) groups is 2. The summed E-state index contributed by atoms with van der Waals surface area (Å²) in [5.41, 5.74) is 3.98. The van der Waals surface area contributed by atoms with Crippen LogP contribution in [0, 0.1) is 20.8 Å². The maximum absolute atomic E-state index is 13.6. The van der Waals surface area contributed by atoms with E-state index in [1.807, 2.05) is 39.8 Å². The fraction of sp³-hybridized carbons (Fsp3) is 0.267. The van der Waals surface area contributed by atoms with Gasteiger partial charge >= 0.3 is 0 Å². The maximum Gasteiger partial charge on any atom is 0.300 e. The molecular weight excluding hydrogens is 506 g/mol. The number of anilines is 1. The van der Waals surface area contributed by atoms with Gasteiger partial charge in [0.1, 0.15) is 11.5 Å². The predicted octanol–water partition coefficient (Wildman–Crippen LogP) is 6.31. The van der Waals surface area contributed by atoms with Crippen LogP contribution in [0.2, 0.25) is 5.02 Å². The van der Waals surface area contributed by atoms with Crippen molar-refractivity contribution in [3.05, 3.63) is 86.9 Å². The third-order valence-electron chi connectivity index (χ3n) is 6.66. The molecule has 1 atom stereocenters. The summed E-state index contributed by atoms with van der Waals surface area (Å²) in [5.74, 6) is -0.794. The number of hydrogen-bond acceptors (Lipinski definition) is 6. The van der Waals surface area contributed by atoms with Crippen molar-refractivity contribution >= 4 is 34.7 Å². The summed E-state index contributed by atoms with van der Waals surface area (Å²) in [4.78, 5) is 28.6. The van der Waals surface area contributed by atoms with Crippen LogP contribution >= 0.6 is 11.6 Å². The lowest BCUT2D eigenvalue weighted by molar-refractivity contribution is -0.132. The minimum absolute atomic E-state index is 0.0826. The molecule has 0 spiro atoms. The smallest absolute Gasteiger partial charge is 0.300 e. The molecule has 3 aromatic carbocycles. The number of benzene rings is 3. The molecule has 1 fully saturated rings. The Kier molecular flexibility index (Phi) is 7.69. The molecule has 8 heteroatoms. The molecule has 4 rings (SSSR count). The Morgan fingerprint density at radius 3 is 2.32 bits per heavy atom. The van der Waals surface area contributed by atoms with Crippen molar-refractivity contribution in [2.75, 3.05) is 25.7 Å². The Labute approximate surface area is 227 Å². The number of amides is 1. The minimum atomic E-state index is -0.953. The number of halogens is 1. The van der Waals surface area contributed by atoms with Crippen molar-refractivity contribution in [1.29, 1.82) is 0 Å².